The van der Waals surface area contributed by atoms with Crippen LogP contribution in [0.25, 0.3) is 22.3 Å². The van der Waals surface area contributed by atoms with E-state index < -0.39 is 0 Å². The van der Waals surface area contributed by atoms with Crippen molar-refractivity contribution in [2.75, 3.05) is 39.3 Å². The standard InChI is InChI=1S/C34H36N2O2.ClH/c1-2-31(26-8-4-3-5-9-26)34(28-14-12-27(13-15-28)32-10-6-7-11-33(32)37)29-16-18-30(19-17-29)38-25-24-36-22-20-35-21-23-36;/h3-19,35,37H,2,20-25H2,1H3;1H. The highest BCUT2D eigenvalue weighted by atomic mass is 35.5. The van der Waals surface area contributed by atoms with Crippen LogP contribution in [0.4, 0.5) is 0 Å². The van der Waals surface area contributed by atoms with Crippen LogP contribution in [0.2, 0.25) is 0 Å². The average molecular weight is 541 g/mol. The lowest BCUT2D eigenvalue weighted by atomic mass is 9.87. The normalized spacial score (nSPS) is 14.3. The van der Waals surface area contributed by atoms with Gasteiger partial charge in [0.2, 0.25) is 0 Å². The number of benzene rings is 4. The molecule has 202 valence electrons. The predicted octanol–water partition coefficient (Wildman–Crippen LogP) is 7.13. The second kappa shape index (κ2) is 14.0. The summed E-state index contributed by atoms with van der Waals surface area (Å²) in [4.78, 5) is 2.44. The summed E-state index contributed by atoms with van der Waals surface area (Å²) in [5, 5.41) is 13.7. The second-order valence-corrected chi connectivity index (χ2v) is 9.63. The number of piperazine rings is 1. The van der Waals surface area contributed by atoms with Gasteiger partial charge < -0.3 is 15.2 Å². The van der Waals surface area contributed by atoms with E-state index in [4.69, 9.17) is 4.74 Å². The number of hydrogen-bond acceptors (Lipinski definition) is 4. The van der Waals surface area contributed by atoms with Gasteiger partial charge in [0.25, 0.3) is 0 Å². The number of halogens is 1. The fourth-order valence-electron chi connectivity index (χ4n) is 5.16. The van der Waals surface area contributed by atoms with E-state index in [9.17, 15) is 5.11 Å². The lowest BCUT2D eigenvalue weighted by molar-refractivity contribution is 0.191. The van der Waals surface area contributed by atoms with Crippen molar-refractivity contribution in [2.45, 2.75) is 13.3 Å². The zero-order valence-electron chi connectivity index (χ0n) is 22.5. The first-order valence-corrected chi connectivity index (χ1v) is 13.6. The summed E-state index contributed by atoms with van der Waals surface area (Å²) >= 11 is 0. The van der Waals surface area contributed by atoms with Crippen LogP contribution in [0.15, 0.2) is 103 Å². The molecule has 0 amide bonds. The van der Waals surface area contributed by atoms with E-state index in [1.54, 1.807) is 6.07 Å². The van der Waals surface area contributed by atoms with Gasteiger partial charge in [-0.3, -0.25) is 4.90 Å². The number of nitrogens with one attached hydrogen (secondary N) is 1. The maximum atomic E-state index is 10.3. The third kappa shape index (κ3) is 7.10. The maximum Gasteiger partial charge on any atom is 0.123 e. The van der Waals surface area contributed by atoms with Gasteiger partial charge in [-0.25, -0.2) is 0 Å². The summed E-state index contributed by atoms with van der Waals surface area (Å²) in [5.41, 5.74) is 7.89. The Labute approximate surface area is 238 Å². The van der Waals surface area contributed by atoms with Gasteiger partial charge in [-0.05, 0) is 58.0 Å². The number of hydrogen-bond donors (Lipinski definition) is 2. The summed E-state index contributed by atoms with van der Waals surface area (Å²) in [6.07, 6.45) is 0.906. The number of rotatable bonds is 9. The number of phenolic OH excluding ortho intramolecular Hbond substituents is 1. The zero-order valence-corrected chi connectivity index (χ0v) is 23.3. The van der Waals surface area contributed by atoms with Gasteiger partial charge >= 0.3 is 0 Å². The van der Waals surface area contributed by atoms with E-state index in [-0.39, 0.29) is 12.4 Å². The average Bonchev–Trinajstić information content (AvgIpc) is 2.98. The molecule has 1 heterocycles. The monoisotopic (exact) mass is 540 g/mol. The molecule has 39 heavy (non-hydrogen) atoms. The molecule has 0 unspecified atom stereocenters. The molecule has 4 aromatic rings. The molecule has 0 atom stereocenters. The number of aromatic hydroxyl groups is 1. The number of ether oxygens (including phenoxy) is 1. The molecule has 1 aliphatic rings. The van der Waals surface area contributed by atoms with Crippen LogP contribution < -0.4 is 10.1 Å². The zero-order chi connectivity index (χ0) is 26.2. The van der Waals surface area contributed by atoms with Crippen molar-refractivity contribution in [3.63, 3.8) is 0 Å². The Bertz CT molecular complexity index is 1350. The Morgan fingerprint density at radius 1 is 0.769 bits per heavy atom. The van der Waals surface area contributed by atoms with E-state index in [0.717, 1.165) is 67.1 Å². The molecule has 1 fully saturated rings. The van der Waals surface area contributed by atoms with E-state index in [1.807, 2.05) is 18.2 Å². The van der Waals surface area contributed by atoms with Crippen molar-refractivity contribution in [3.05, 3.63) is 120 Å². The SMILES string of the molecule is CCC(=C(c1ccc(OCCN2CCNCC2)cc1)c1ccc(-c2ccccc2O)cc1)c1ccccc1.Cl. The van der Waals surface area contributed by atoms with Crippen LogP contribution in [-0.4, -0.2) is 49.3 Å². The Morgan fingerprint density at radius 3 is 2.03 bits per heavy atom. The summed E-state index contributed by atoms with van der Waals surface area (Å²) in [7, 11) is 0. The van der Waals surface area contributed by atoms with E-state index in [2.05, 4.69) is 96.0 Å². The summed E-state index contributed by atoms with van der Waals surface area (Å²) in [6, 6.07) is 35.1. The topological polar surface area (TPSA) is 44.7 Å². The first kappa shape index (κ1) is 28.4. The van der Waals surface area contributed by atoms with Crippen LogP contribution in [0.5, 0.6) is 11.5 Å². The quantitative estimate of drug-likeness (QED) is 0.222. The molecular formula is C34H37ClN2O2. The van der Waals surface area contributed by atoms with Crippen LogP contribution in [0, 0.1) is 0 Å². The highest BCUT2D eigenvalue weighted by molar-refractivity contribution is 5.98. The molecule has 0 spiro atoms. The summed E-state index contributed by atoms with van der Waals surface area (Å²) in [6.45, 7) is 8.13. The van der Waals surface area contributed by atoms with Crippen molar-refractivity contribution >= 4 is 23.6 Å². The molecule has 5 heteroatoms. The van der Waals surface area contributed by atoms with Gasteiger partial charge in [-0.1, -0.05) is 91.9 Å². The molecule has 2 N–H and O–H groups in total. The van der Waals surface area contributed by atoms with Crippen molar-refractivity contribution in [3.8, 4) is 22.6 Å². The Hall–Kier alpha value is -3.57. The molecular weight excluding hydrogens is 504 g/mol. The van der Waals surface area contributed by atoms with E-state index >= 15 is 0 Å². The lowest BCUT2D eigenvalue weighted by Gasteiger charge is -2.26. The van der Waals surface area contributed by atoms with Gasteiger partial charge in [0, 0.05) is 38.3 Å². The first-order valence-electron chi connectivity index (χ1n) is 13.6. The third-order valence-electron chi connectivity index (χ3n) is 7.20. The smallest absolute Gasteiger partial charge is 0.123 e. The maximum absolute atomic E-state index is 10.3. The largest absolute Gasteiger partial charge is 0.507 e. The number of phenols is 1. The second-order valence-electron chi connectivity index (χ2n) is 9.63. The number of allylic oxidation sites excluding steroid dienone is 1. The van der Waals surface area contributed by atoms with Gasteiger partial charge in [0.15, 0.2) is 0 Å². The molecule has 1 saturated heterocycles. The van der Waals surface area contributed by atoms with Crippen molar-refractivity contribution in [2.24, 2.45) is 0 Å². The molecule has 0 bridgehead atoms. The molecule has 5 rings (SSSR count). The van der Waals surface area contributed by atoms with Crippen molar-refractivity contribution in [1.82, 2.24) is 10.2 Å². The molecule has 0 aliphatic carbocycles. The number of para-hydroxylation sites is 1. The lowest BCUT2D eigenvalue weighted by Crippen LogP contribution is -2.44. The van der Waals surface area contributed by atoms with E-state index in [1.165, 1.54) is 16.7 Å². The van der Waals surface area contributed by atoms with E-state index in [0.29, 0.717) is 12.4 Å². The fourth-order valence-corrected chi connectivity index (χ4v) is 5.16. The minimum Gasteiger partial charge on any atom is -0.507 e. The van der Waals surface area contributed by atoms with Crippen molar-refractivity contribution < 1.29 is 9.84 Å². The molecule has 0 saturated carbocycles. The number of nitrogens with zero attached hydrogens (tertiary/aromatic N) is 1. The minimum atomic E-state index is 0. The Kier molecular flexibility index (Phi) is 10.2. The van der Waals surface area contributed by atoms with Gasteiger partial charge in [0.05, 0.1) is 0 Å². The first-order chi connectivity index (χ1) is 18.7. The third-order valence-corrected chi connectivity index (χ3v) is 7.20. The Morgan fingerprint density at radius 2 is 1.38 bits per heavy atom. The minimum absolute atomic E-state index is 0. The van der Waals surface area contributed by atoms with Gasteiger partial charge in [-0.2, -0.15) is 0 Å². The van der Waals surface area contributed by atoms with Crippen LogP contribution in [0.3, 0.4) is 0 Å². The predicted molar refractivity (Wildman–Crippen MR) is 165 cm³/mol. The summed E-state index contributed by atoms with van der Waals surface area (Å²) in [5.74, 6) is 1.19. The molecule has 1 aliphatic heterocycles. The summed E-state index contributed by atoms with van der Waals surface area (Å²) < 4.78 is 6.09. The molecule has 0 radical (unpaired) electrons. The fraction of sp³-hybridized carbons (Fsp3) is 0.235. The van der Waals surface area contributed by atoms with Crippen LogP contribution in [0.1, 0.15) is 30.0 Å². The highest BCUT2D eigenvalue weighted by Gasteiger charge is 2.14. The molecule has 4 nitrogen and oxygen atoms in total. The Balaban J connectivity index is 0.00000353. The van der Waals surface area contributed by atoms with Gasteiger partial charge in [0.1, 0.15) is 18.1 Å². The molecule has 0 aromatic heterocycles. The van der Waals surface area contributed by atoms with Crippen molar-refractivity contribution in [1.29, 1.82) is 0 Å². The molecule has 4 aromatic carbocycles. The van der Waals surface area contributed by atoms with Crippen LogP contribution >= 0.6 is 12.4 Å². The van der Waals surface area contributed by atoms with Crippen LogP contribution in [-0.2, 0) is 0 Å². The highest BCUT2D eigenvalue weighted by Crippen LogP contribution is 2.36. The van der Waals surface area contributed by atoms with Gasteiger partial charge in [-0.15, -0.1) is 12.4 Å².